The summed E-state index contributed by atoms with van der Waals surface area (Å²) in [4.78, 5) is 32.8. The Labute approximate surface area is 133 Å². The molecule has 1 aliphatic rings. The van der Waals surface area contributed by atoms with Gasteiger partial charge in [0.15, 0.2) is 0 Å². The molecule has 0 aliphatic carbocycles. The van der Waals surface area contributed by atoms with E-state index in [0.717, 1.165) is 5.52 Å². The van der Waals surface area contributed by atoms with Gasteiger partial charge < -0.3 is 15.0 Å². The number of aryl methyl sites for hydroxylation is 1. The molecule has 2 aromatic rings. The van der Waals surface area contributed by atoms with Crippen molar-refractivity contribution >= 4 is 28.7 Å². The van der Waals surface area contributed by atoms with Crippen LogP contribution in [0.4, 0.5) is 0 Å². The van der Waals surface area contributed by atoms with Gasteiger partial charge in [0.25, 0.3) is 5.91 Å². The van der Waals surface area contributed by atoms with E-state index in [2.05, 4.69) is 15.3 Å². The fourth-order valence-electron chi connectivity index (χ4n) is 2.67. The van der Waals surface area contributed by atoms with Gasteiger partial charge >= 0.3 is 5.97 Å². The molecule has 1 atom stereocenters. The number of hydrogen-bond donors (Lipinski definition) is 2. The predicted octanol–water partition coefficient (Wildman–Crippen LogP) is 1.56. The number of nitrogens with one attached hydrogen (secondary N) is 1. The molecular formula is C16H18N4O3. The summed E-state index contributed by atoms with van der Waals surface area (Å²) in [6.45, 7) is 5.57. The number of nitrogens with zero attached hydrogens (tertiary/aromatic N) is 3. The number of carbonyl (C=O) groups excluding carboxylic acids is 1. The van der Waals surface area contributed by atoms with Gasteiger partial charge in [0.2, 0.25) is 0 Å². The number of aromatic carboxylic acids is 1. The molecule has 0 saturated heterocycles. The Bertz CT molecular complexity index is 866. The smallest absolute Gasteiger partial charge is 0.336 e. The molecule has 7 heteroatoms. The quantitative estimate of drug-likeness (QED) is 0.898. The second-order valence-electron chi connectivity index (χ2n) is 6.23. The van der Waals surface area contributed by atoms with Gasteiger partial charge in [-0.1, -0.05) is 13.8 Å². The Kier molecular flexibility index (Phi) is 3.24. The zero-order valence-corrected chi connectivity index (χ0v) is 13.4. The lowest BCUT2D eigenvalue weighted by Gasteiger charge is -2.21. The molecule has 1 unspecified atom stereocenters. The maximum absolute atomic E-state index is 12.3. The summed E-state index contributed by atoms with van der Waals surface area (Å²) < 4.78 is 1.80. The highest BCUT2D eigenvalue weighted by atomic mass is 16.4. The van der Waals surface area contributed by atoms with E-state index in [-0.39, 0.29) is 23.2 Å². The highest BCUT2D eigenvalue weighted by molar-refractivity contribution is 6.22. The Hall–Kier alpha value is -2.70. The maximum Gasteiger partial charge on any atom is 0.336 e. The number of fused-ring (bicyclic) bond motifs is 1. The summed E-state index contributed by atoms with van der Waals surface area (Å²) in [6, 6.07) is 3.22. The number of imidazole rings is 1. The second-order valence-corrected chi connectivity index (χ2v) is 6.23. The van der Waals surface area contributed by atoms with Crippen LogP contribution >= 0.6 is 0 Å². The van der Waals surface area contributed by atoms with Gasteiger partial charge in [-0.3, -0.25) is 9.79 Å². The molecular weight excluding hydrogens is 296 g/mol. The molecule has 0 bridgehead atoms. The summed E-state index contributed by atoms with van der Waals surface area (Å²) >= 11 is 0. The molecule has 7 nitrogen and oxygen atoms in total. The third-order valence-corrected chi connectivity index (χ3v) is 4.52. The normalized spacial score (nSPS) is 20.9. The summed E-state index contributed by atoms with van der Waals surface area (Å²) in [5.41, 5.74) is 0.804. The average Bonchev–Trinajstić information content (AvgIpc) is 3.00. The molecule has 2 N–H and O–H groups in total. The third kappa shape index (κ3) is 2.11. The number of hydrogen-bond acceptors (Lipinski definition) is 4. The minimum atomic E-state index is -1.08. The number of aromatic nitrogens is 2. The Balaban J connectivity index is 2.29. The summed E-state index contributed by atoms with van der Waals surface area (Å²) in [5, 5.41) is 12.2. The molecule has 1 amide bonds. The zero-order chi connectivity index (χ0) is 16.9. The van der Waals surface area contributed by atoms with Crippen molar-refractivity contribution in [1.82, 2.24) is 14.9 Å². The number of rotatable bonds is 3. The Morgan fingerprint density at radius 2 is 2.09 bits per heavy atom. The van der Waals surface area contributed by atoms with Gasteiger partial charge in [-0.2, -0.15) is 0 Å². The number of carboxylic acids is 1. The molecule has 1 aromatic carbocycles. The summed E-state index contributed by atoms with van der Waals surface area (Å²) in [6.07, 6.45) is 1.61. The zero-order valence-electron chi connectivity index (χ0n) is 13.4. The van der Waals surface area contributed by atoms with Crippen LogP contribution in [0.1, 0.15) is 36.7 Å². The molecule has 3 rings (SSSR count). The van der Waals surface area contributed by atoms with Crippen molar-refractivity contribution in [2.24, 2.45) is 18.0 Å². The van der Waals surface area contributed by atoms with Gasteiger partial charge in [-0.25, -0.2) is 9.78 Å². The molecule has 0 spiro atoms. The van der Waals surface area contributed by atoms with E-state index in [1.165, 1.54) is 6.07 Å². The van der Waals surface area contributed by atoms with Crippen molar-refractivity contribution < 1.29 is 14.7 Å². The first-order valence-electron chi connectivity index (χ1n) is 7.34. The minimum absolute atomic E-state index is 0.0174. The monoisotopic (exact) mass is 314 g/mol. The molecule has 0 saturated carbocycles. The molecule has 1 aliphatic heterocycles. The Morgan fingerprint density at radius 1 is 1.39 bits per heavy atom. The van der Waals surface area contributed by atoms with E-state index in [4.69, 9.17) is 0 Å². The highest BCUT2D eigenvalue weighted by Gasteiger charge is 2.43. The number of carbonyl (C=O) groups is 2. The minimum Gasteiger partial charge on any atom is -0.478 e. The van der Waals surface area contributed by atoms with E-state index < -0.39 is 11.5 Å². The van der Waals surface area contributed by atoms with Crippen LogP contribution in [0, 0.1) is 5.92 Å². The summed E-state index contributed by atoms with van der Waals surface area (Å²) in [5.74, 6) is -1.06. The van der Waals surface area contributed by atoms with Crippen molar-refractivity contribution in [3.05, 3.63) is 29.6 Å². The van der Waals surface area contributed by atoms with Crippen molar-refractivity contribution in [1.29, 1.82) is 0 Å². The van der Waals surface area contributed by atoms with Gasteiger partial charge in [-0.05, 0) is 25.0 Å². The first kappa shape index (κ1) is 15.2. The third-order valence-electron chi connectivity index (χ3n) is 4.52. The van der Waals surface area contributed by atoms with Crippen molar-refractivity contribution in [3.8, 4) is 0 Å². The standard InChI is InChI=1S/C16H18N4O3/c1-8(2)16(3)15(23)18-13(19-16)11-9(14(21)22)5-6-10-12(11)17-7-20(10)4/h5-8H,1-4H3,(H,21,22)(H,18,19,23). The van der Waals surface area contributed by atoms with E-state index in [1.807, 2.05) is 20.9 Å². The lowest BCUT2D eigenvalue weighted by Crippen LogP contribution is -2.41. The lowest BCUT2D eigenvalue weighted by molar-refractivity contribution is -0.124. The maximum atomic E-state index is 12.3. The average molecular weight is 314 g/mol. The molecule has 23 heavy (non-hydrogen) atoms. The number of aliphatic imine (C=N–C) groups is 1. The van der Waals surface area contributed by atoms with Crippen LogP contribution in [-0.4, -0.2) is 37.9 Å². The van der Waals surface area contributed by atoms with Gasteiger partial charge in [-0.15, -0.1) is 0 Å². The number of benzene rings is 1. The Morgan fingerprint density at radius 3 is 2.65 bits per heavy atom. The number of amides is 1. The molecule has 0 fully saturated rings. The van der Waals surface area contributed by atoms with E-state index in [1.54, 1.807) is 23.9 Å². The first-order chi connectivity index (χ1) is 10.8. The molecule has 1 aromatic heterocycles. The fraction of sp³-hybridized carbons (Fsp3) is 0.375. The molecule has 2 heterocycles. The van der Waals surface area contributed by atoms with Crippen LogP contribution in [0.25, 0.3) is 11.0 Å². The largest absolute Gasteiger partial charge is 0.478 e. The molecule has 0 radical (unpaired) electrons. The lowest BCUT2D eigenvalue weighted by atomic mass is 9.89. The van der Waals surface area contributed by atoms with Crippen LogP contribution in [0.2, 0.25) is 0 Å². The van der Waals surface area contributed by atoms with Gasteiger partial charge in [0.1, 0.15) is 16.9 Å². The van der Waals surface area contributed by atoms with Crippen molar-refractivity contribution in [2.45, 2.75) is 26.3 Å². The van der Waals surface area contributed by atoms with Crippen molar-refractivity contribution in [3.63, 3.8) is 0 Å². The fourth-order valence-corrected chi connectivity index (χ4v) is 2.67. The van der Waals surface area contributed by atoms with Gasteiger partial charge in [0, 0.05) is 7.05 Å². The highest BCUT2D eigenvalue weighted by Crippen LogP contribution is 2.30. The number of carboxylic acid groups (broad SMARTS) is 1. The molecule has 120 valence electrons. The second kappa shape index (κ2) is 4.91. The predicted molar refractivity (Wildman–Crippen MR) is 85.6 cm³/mol. The SMILES string of the molecule is CC(C)C1(C)N=C(c2c(C(=O)O)ccc3c2ncn3C)NC1=O. The van der Waals surface area contributed by atoms with Crippen LogP contribution in [0.15, 0.2) is 23.5 Å². The topological polar surface area (TPSA) is 96.6 Å². The van der Waals surface area contributed by atoms with E-state index in [0.29, 0.717) is 11.1 Å². The summed E-state index contributed by atoms with van der Waals surface area (Å²) in [7, 11) is 1.83. The first-order valence-corrected chi connectivity index (χ1v) is 7.34. The van der Waals surface area contributed by atoms with Crippen LogP contribution < -0.4 is 5.32 Å². The van der Waals surface area contributed by atoms with Crippen molar-refractivity contribution in [2.75, 3.05) is 0 Å². The van der Waals surface area contributed by atoms with Gasteiger partial charge in [0.05, 0.1) is 23.0 Å². The van der Waals surface area contributed by atoms with E-state index >= 15 is 0 Å². The number of amidine groups is 1. The van der Waals surface area contributed by atoms with E-state index in [9.17, 15) is 14.7 Å². The van der Waals surface area contributed by atoms with Crippen LogP contribution in [-0.2, 0) is 11.8 Å². The van der Waals surface area contributed by atoms with Crippen LogP contribution in [0.5, 0.6) is 0 Å². The van der Waals surface area contributed by atoms with Crippen LogP contribution in [0.3, 0.4) is 0 Å².